The molecule has 0 saturated carbocycles. The van der Waals surface area contributed by atoms with E-state index in [1.165, 1.54) is 4.90 Å². The zero-order valence-electron chi connectivity index (χ0n) is 22.3. The van der Waals surface area contributed by atoms with Crippen molar-refractivity contribution >= 4 is 27.7 Å². The van der Waals surface area contributed by atoms with E-state index in [9.17, 15) is 22.8 Å². The van der Waals surface area contributed by atoms with Crippen LogP contribution in [0.15, 0.2) is 42.5 Å². The predicted molar refractivity (Wildman–Crippen MR) is 144 cm³/mol. The lowest BCUT2D eigenvalue weighted by molar-refractivity contribution is -0.136. The quantitative estimate of drug-likeness (QED) is 0.496. The van der Waals surface area contributed by atoms with Crippen LogP contribution in [-0.2, 0) is 39.3 Å². The number of sulfonamides is 1. The molecule has 3 amide bonds. The topological polar surface area (TPSA) is 116 Å². The van der Waals surface area contributed by atoms with Crippen molar-refractivity contribution in [3.63, 3.8) is 0 Å². The predicted octanol–water partition coefficient (Wildman–Crippen LogP) is 1.88. The highest BCUT2D eigenvalue weighted by atomic mass is 32.2. The number of ether oxygens (including phenoxy) is 1. The Kier molecular flexibility index (Phi) is 7.75. The van der Waals surface area contributed by atoms with Crippen LogP contribution in [0.5, 0.6) is 5.75 Å². The van der Waals surface area contributed by atoms with Crippen LogP contribution >= 0.6 is 0 Å². The summed E-state index contributed by atoms with van der Waals surface area (Å²) >= 11 is 0. The Morgan fingerprint density at radius 2 is 1.67 bits per heavy atom. The summed E-state index contributed by atoms with van der Waals surface area (Å²) in [6, 6.07) is 12.8. The summed E-state index contributed by atoms with van der Waals surface area (Å²) in [5, 5.41) is 1.92. The fourth-order valence-corrected chi connectivity index (χ4v) is 6.56. The SMILES string of the molecule is CC(C)S(=O)(=O)N1CCN(Cc2ccc(COc3cccc4c3CN(C3CCC(=O)NC3=O)C4=O)cc2)CC1. The van der Waals surface area contributed by atoms with Crippen LogP contribution in [0, 0.1) is 0 Å². The van der Waals surface area contributed by atoms with Gasteiger partial charge in [-0.2, -0.15) is 4.31 Å². The summed E-state index contributed by atoms with van der Waals surface area (Å²) in [7, 11) is -3.21. The van der Waals surface area contributed by atoms with Gasteiger partial charge in [-0.1, -0.05) is 30.3 Å². The van der Waals surface area contributed by atoms with Gasteiger partial charge in [0.25, 0.3) is 5.91 Å². The van der Waals surface area contributed by atoms with Crippen molar-refractivity contribution in [1.29, 1.82) is 0 Å². The molecule has 10 nitrogen and oxygen atoms in total. The van der Waals surface area contributed by atoms with Gasteiger partial charge in [0.05, 0.1) is 11.8 Å². The van der Waals surface area contributed by atoms with Gasteiger partial charge in [0.15, 0.2) is 0 Å². The second-order valence-electron chi connectivity index (χ2n) is 10.6. The molecular weight excluding hydrogens is 520 g/mol. The van der Waals surface area contributed by atoms with Crippen LogP contribution in [0.2, 0.25) is 0 Å². The number of nitrogens with one attached hydrogen (secondary N) is 1. The standard InChI is InChI=1S/C28H34N4O6S/c1-19(2)39(36,37)31-14-12-30(13-15-31)16-20-6-8-21(9-7-20)18-38-25-5-3-4-22-23(25)17-32(28(22)35)24-10-11-26(33)29-27(24)34/h3-9,19,24H,10-18H2,1-2H3,(H,29,33,34). The van der Waals surface area contributed by atoms with E-state index in [0.29, 0.717) is 50.5 Å². The number of piperidine rings is 1. The molecule has 11 heteroatoms. The number of hydrogen-bond donors (Lipinski definition) is 1. The van der Waals surface area contributed by atoms with Gasteiger partial charge >= 0.3 is 0 Å². The highest BCUT2D eigenvalue weighted by molar-refractivity contribution is 7.89. The number of benzene rings is 2. The van der Waals surface area contributed by atoms with E-state index >= 15 is 0 Å². The normalized spacial score (nSPS) is 20.8. The number of imide groups is 1. The lowest BCUT2D eigenvalue weighted by Gasteiger charge is -2.34. The number of hydrogen-bond acceptors (Lipinski definition) is 7. The van der Waals surface area contributed by atoms with E-state index in [2.05, 4.69) is 22.3 Å². The van der Waals surface area contributed by atoms with Gasteiger partial charge in [-0.3, -0.25) is 24.6 Å². The molecule has 1 unspecified atom stereocenters. The summed E-state index contributed by atoms with van der Waals surface area (Å²) in [5.74, 6) is -0.363. The van der Waals surface area contributed by atoms with Gasteiger partial charge in [0, 0.05) is 50.3 Å². The van der Waals surface area contributed by atoms with Crippen LogP contribution in [0.3, 0.4) is 0 Å². The van der Waals surface area contributed by atoms with Gasteiger partial charge in [0.1, 0.15) is 18.4 Å². The van der Waals surface area contributed by atoms with E-state index in [1.54, 1.807) is 30.3 Å². The average molecular weight is 555 g/mol. The molecule has 1 atom stereocenters. The van der Waals surface area contributed by atoms with Crippen molar-refractivity contribution in [2.75, 3.05) is 26.2 Å². The van der Waals surface area contributed by atoms with Crippen molar-refractivity contribution in [3.8, 4) is 5.75 Å². The van der Waals surface area contributed by atoms with Gasteiger partial charge < -0.3 is 9.64 Å². The number of rotatable bonds is 8. The molecule has 0 aromatic heterocycles. The van der Waals surface area contributed by atoms with Crippen LogP contribution in [0.4, 0.5) is 0 Å². The highest BCUT2D eigenvalue weighted by Crippen LogP contribution is 2.34. The number of nitrogens with zero attached hydrogens (tertiary/aromatic N) is 3. The monoisotopic (exact) mass is 554 g/mol. The summed E-state index contributed by atoms with van der Waals surface area (Å²) in [6.07, 6.45) is 0.534. The first-order valence-electron chi connectivity index (χ1n) is 13.3. The third-order valence-corrected chi connectivity index (χ3v) is 9.93. The Labute approximate surface area is 228 Å². The molecule has 39 heavy (non-hydrogen) atoms. The van der Waals surface area contributed by atoms with E-state index in [1.807, 2.05) is 18.2 Å². The molecule has 3 aliphatic rings. The first kappa shape index (κ1) is 27.3. The van der Waals surface area contributed by atoms with Crippen LogP contribution < -0.4 is 10.1 Å². The molecule has 0 bridgehead atoms. The highest BCUT2D eigenvalue weighted by Gasteiger charge is 2.40. The van der Waals surface area contributed by atoms with Crippen molar-refractivity contribution in [2.24, 2.45) is 0 Å². The lowest BCUT2D eigenvalue weighted by Crippen LogP contribution is -2.52. The van der Waals surface area contributed by atoms with Gasteiger partial charge in [0.2, 0.25) is 21.8 Å². The Bertz CT molecular complexity index is 1370. The number of carbonyl (C=O) groups excluding carboxylic acids is 3. The van der Waals surface area contributed by atoms with E-state index in [0.717, 1.165) is 23.2 Å². The maximum Gasteiger partial charge on any atom is 0.255 e. The first-order valence-corrected chi connectivity index (χ1v) is 14.8. The minimum atomic E-state index is -3.21. The Hall–Kier alpha value is -3.28. The molecule has 3 heterocycles. The minimum Gasteiger partial charge on any atom is -0.489 e. The smallest absolute Gasteiger partial charge is 0.255 e. The Morgan fingerprint density at radius 3 is 2.33 bits per heavy atom. The molecule has 0 aliphatic carbocycles. The minimum absolute atomic E-state index is 0.214. The molecule has 2 aromatic carbocycles. The van der Waals surface area contributed by atoms with Gasteiger partial charge in [-0.05, 0) is 43.5 Å². The van der Waals surface area contributed by atoms with Crippen LogP contribution in [-0.4, -0.2) is 77.7 Å². The third kappa shape index (κ3) is 5.70. The van der Waals surface area contributed by atoms with Crippen LogP contribution in [0.25, 0.3) is 0 Å². The summed E-state index contributed by atoms with van der Waals surface area (Å²) in [4.78, 5) is 40.6. The van der Waals surface area contributed by atoms with E-state index in [4.69, 9.17) is 4.74 Å². The zero-order chi connectivity index (χ0) is 27.7. The molecule has 2 fully saturated rings. The Morgan fingerprint density at radius 1 is 0.974 bits per heavy atom. The zero-order valence-corrected chi connectivity index (χ0v) is 23.1. The van der Waals surface area contributed by atoms with Crippen molar-refractivity contribution in [1.82, 2.24) is 19.4 Å². The van der Waals surface area contributed by atoms with E-state index < -0.39 is 27.2 Å². The van der Waals surface area contributed by atoms with Crippen molar-refractivity contribution < 1.29 is 27.5 Å². The first-order chi connectivity index (χ1) is 18.6. The molecule has 5 rings (SSSR count). The molecule has 1 N–H and O–H groups in total. The second kappa shape index (κ2) is 11.1. The summed E-state index contributed by atoms with van der Waals surface area (Å²) in [6.45, 7) is 7.20. The maximum atomic E-state index is 13.0. The Balaban J connectivity index is 1.16. The number of amides is 3. The van der Waals surface area contributed by atoms with Crippen LogP contribution in [0.1, 0.15) is 53.7 Å². The van der Waals surface area contributed by atoms with E-state index in [-0.39, 0.29) is 24.8 Å². The number of piperazine rings is 1. The molecule has 3 aliphatic heterocycles. The molecule has 2 saturated heterocycles. The number of fused-ring (bicyclic) bond motifs is 1. The molecule has 208 valence electrons. The lowest BCUT2D eigenvalue weighted by atomic mass is 10.0. The largest absolute Gasteiger partial charge is 0.489 e. The fraction of sp³-hybridized carbons (Fsp3) is 0.464. The third-order valence-electron chi connectivity index (χ3n) is 7.65. The summed E-state index contributed by atoms with van der Waals surface area (Å²) < 4.78 is 32.5. The second-order valence-corrected chi connectivity index (χ2v) is 13.0. The molecular formula is C28H34N4O6S. The molecule has 0 radical (unpaired) electrons. The fourth-order valence-electron chi connectivity index (χ4n) is 5.29. The van der Waals surface area contributed by atoms with Crippen molar-refractivity contribution in [3.05, 3.63) is 64.7 Å². The van der Waals surface area contributed by atoms with Gasteiger partial charge in [-0.25, -0.2) is 8.42 Å². The molecule has 2 aromatic rings. The average Bonchev–Trinajstić information content (AvgIpc) is 3.25. The summed E-state index contributed by atoms with van der Waals surface area (Å²) in [5.41, 5.74) is 3.40. The maximum absolute atomic E-state index is 13.0. The molecule has 0 spiro atoms. The number of carbonyl (C=O) groups is 3. The van der Waals surface area contributed by atoms with Crippen molar-refractivity contribution in [2.45, 2.75) is 57.7 Å². The van der Waals surface area contributed by atoms with Gasteiger partial charge in [-0.15, -0.1) is 0 Å².